The predicted octanol–water partition coefficient (Wildman–Crippen LogP) is 4.22. The highest BCUT2D eigenvalue weighted by atomic mass is 32.1. The van der Waals surface area contributed by atoms with Crippen LogP contribution in [-0.4, -0.2) is 6.54 Å². The van der Waals surface area contributed by atoms with Gasteiger partial charge in [-0.1, -0.05) is 18.2 Å². The molecule has 0 spiro atoms. The maximum absolute atomic E-state index is 13.7. The van der Waals surface area contributed by atoms with Crippen molar-refractivity contribution in [1.82, 2.24) is 5.32 Å². The Morgan fingerprint density at radius 2 is 2.22 bits per heavy atom. The van der Waals surface area contributed by atoms with Crippen molar-refractivity contribution < 1.29 is 4.39 Å². The minimum absolute atomic E-state index is 0.160. The van der Waals surface area contributed by atoms with E-state index in [4.69, 9.17) is 0 Å². The summed E-state index contributed by atoms with van der Waals surface area (Å²) in [6.45, 7) is 5.33. The number of benzene rings is 1. The van der Waals surface area contributed by atoms with Gasteiger partial charge in [-0.2, -0.15) is 0 Å². The summed E-state index contributed by atoms with van der Waals surface area (Å²) in [6.07, 6.45) is 2.83. The van der Waals surface area contributed by atoms with Crippen LogP contribution in [0, 0.1) is 5.82 Å². The molecule has 0 radical (unpaired) electrons. The molecule has 0 bridgehead atoms. The topological polar surface area (TPSA) is 12.0 Å². The van der Waals surface area contributed by atoms with E-state index in [0.717, 1.165) is 30.0 Å². The third-order valence-corrected chi connectivity index (χ3v) is 3.57. The molecule has 1 heterocycles. The lowest BCUT2D eigenvalue weighted by Crippen LogP contribution is -2.14. The molecular formula is C15H16FNS. The predicted molar refractivity (Wildman–Crippen MR) is 76.2 cm³/mol. The van der Waals surface area contributed by atoms with E-state index in [0.29, 0.717) is 5.56 Å². The average Bonchev–Trinajstić information content (AvgIpc) is 2.90. The summed E-state index contributed by atoms with van der Waals surface area (Å²) in [6, 6.07) is 9.17. The van der Waals surface area contributed by atoms with Gasteiger partial charge in [-0.25, -0.2) is 4.39 Å². The lowest BCUT2D eigenvalue weighted by atomic mass is 10.1. The zero-order valence-electron chi connectivity index (χ0n) is 10.2. The summed E-state index contributed by atoms with van der Waals surface area (Å²) in [7, 11) is 0. The smallest absolute Gasteiger partial charge is 0.131 e. The quantitative estimate of drug-likeness (QED) is 0.606. The van der Waals surface area contributed by atoms with E-state index in [9.17, 15) is 4.39 Å². The highest BCUT2D eigenvalue weighted by molar-refractivity contribution is 7.13. The molecule has 1 aromatic heterocycles. The van der Waals surface area contributed by atoms with Gasteiger partial charge in [0.1, 0.15) is 5.82 Å². The fourth-order valence-electron chi connectivity index (χ4n) is 1.74. The Balaban J connectivity index is 2.09. The number of hydrogen-bond donors (Lipinski definition) is 1. The van der Waals surface area contributed by atoms with Crippen molar-refractivity contribution in [3.05, 3.63) is 59.7 Å². The summed E-state index contributed by atoms with van der Waals surface area (Å²) in [5, 5.41) is 5.27. The van der Waals surface area contributed by atoms with Gasteiger partial charge in [-0.15, -0.1) is 17.9 Å². The van der Waals surface area contributed by atoms with E-state index in [1.54, 1.807) is 17.4 Å². The highest BCUT2D eigenvalue weighted by Gasteiger charge is 2.06. The van der Waals surface area contributed by atoms with Crippen molar-refractivity contribution in [1.29, 1.82) is 0 Å². The maximum Gasteiger partial charge on any atom is 0.131 e. The van der Waals surface area contributed by atoms with Crippen LogP contribution in [0.15, 0.2) is 48.4 Å². The third kappa shape index (κ3) is 3.28. The van der Waals surface area contributed by atoms with Crippen LogP contribution in [0.25, 0.3) is 10.4 Å². The molecular weight excluding hydrogens is 245 g/mol. The first-order valence-electron chi connectivity index (χ1n) is 5.95. The van der Waals surface area contributed by atoms with Crippen LogP contribution < -0.4 is 5.32 Å². The molecule has 0 aliphatic heterocycles. The van der Waals surface area contributed by atoms with Gasteiger partial charge in [-0.05, 0) is 42.1 Å². The molecule has 0 saturated heterocycles. The third-order valence-electron chi connectivity index (χ3n) is 2.67. The Morgan fingerprint density at radius 1 is 1.33 bits per heavy atom. The first-order valence-corrected chi connectivity index (χ1v) is 6.83. The van der Waals surface area contributed by atoms with Gasteiger partial charge < -0.3 is 5.32 Å². The molecule has 1 nitrogen and oxygen atoms in total. The number of thiophene rings is 1. The van der Waals surface area contributed by atoms with Crippen molar-refractivity contribution in [3.63, 3.8) is 0 Å². The van der Waals surface area contributed by atoms with E-state index in [-0.39, 0.29) is 5.82 Å². The van der Waals surface area contributed by atoms with Gasteiger partial charge in [0.25, 0.3) is 0 Å². The van der Waals surface area contributed by atoms with Crippen LogP contribution in [0.1, 0.15) is 12.0 Å². The minimum atomic E-state index is -0.160. The normalized spacial score (nSPS) is 10.5. The van der Waals surface area contributed by atoms with E-state index in [2.05, 4.69) is 11.9 Å². The van der Waals surface area contributed by atoms with E-state index < -0.39 is 0 Å². The molecule has 94 valence electrons. The molecule has 0 aliphatic carbocycles. The Morgan fingerprint density at radius 3 is 2.94 bits per heavy atom. The fourth-order valence-corrected chi connectivity index (χ4v) is 2.48. The lowest BCUT2D eigenvalue weighted by Gasteiger charge is -2.06. The van der Waals surface area contributed by atoms with E-state index in [1.807, 2.05) is 35.7 Å². The van der Waals surface area contributed by atoms with Crippen molar-refractivity contribution in [2.75, 3.05) is 6.54 Å². The van der Waals surface area contributed by atoms with Gasteiger partial charge in [0.15, 0.2) is 0 Å². The Labute approximate surface area is 111 Å². The lowest BCUT2D eigenvalue weighted by molar-refractivity contribution is 0.629. The molecule has 0 unspecified atom stereocenters. The van der Waals surface area contributed by atoms with Crippen LogP contribution in [0.5, 0.6) is 0 Å². The van der Waals surface area contributed by atoms with E-state index >= 15 is 0 Å². The summed E-state index contributed by atoms with van der Waals surface area (Å²) in [5.41, 5.74) is 1.79. The Bertz CT molecular complexity index is 505. The van der Waals surface area contributed by atoms with Crippen LogP contribution in [-0.2, 0) is 6.54 Å². The summed E-state index contributed by atoms with van der Waals surface area (Å²) < 4.78 is 13.7. The van der Waals surface area contributed by atoms with Gasteiger partial charge in [0.2, 0.25) is 0 Å². The van der Waals surface area contributed by atoms with Crippen molar-refractivity contribution >= 4 is 11.3 Å². The number of rotatable bonds is 6. The highest BCUT2D eigenvalue weighted by Crippen LogP contribution is 2.28. The Kier molecular flexibility index (Phi) is 4.67. The SMILES string of the molecule is C=CCCNCc1ccc(F)c(-c2cccs2)c1. The Hall–Kier alpha value is -1.45. The summed E-state index contributed by atoms with van der Waals surface area (Å²) >= 11 is 1.56. The standard InChI is InChI=1S/C15H16FNS/c1-2-3-8-17-11-12-6-7-14(16)13(10-12)15-5-4-9-18-15/h2,4-7,9-10,17H,1,3,8,11H2. The van der Waals surface area contributed by atoms with Gasteiger partial charge in [-0.3, -0.25) is 0 Å². The second-order valence-electron chi connectivity index (χ2n) is 4.05. The molecule has 0 fully saturated rings. The van der Waals surface area contributed by atoms with Gasteiger partial charge in [0, 0.05) is 17.0 Å². The number of nitrogens with one attached hydrogen (secondary N) is 1. The average molecular weight is 261 g/mol. The van der Waals surface area contributed by atoms with Crippen LogP contribution in [0.2, 0.25) is 0 Å². The molecule has 0 atom stereocenters. The summed E-state index contributed by atoms with van der Waals surface area (Å²) in [5.74, 6) is -0.160. The van der Waals surface area contributed by atoms with Crippen LogP contribution >= 0.6 is 11.3 Å². The molecule has 0 saturated carbocycles. The largest absolute Gasteiger partial charge is 0.312 e. The number of halogens is 1. The van der Waals surface area contributed by atoms with E-state index in [1.165, 1.54) is 0 Å². The van der Waals surface area contributed by atoms with Gasteiger partial charge in [0.05, 0.1) is 0 Å². The zero-order chi connectivity index (χ0) is 12.8. The van der Waals surface area contributed by atoms with Crippen molar-refractivity contribution in [2.24, 2.45) is 0 Å². The number of hydrogen-bond acceptors (Lipinski definition) is 2. The van der Waals surface area contributed by atoms with Crippen LogP contribution in [0.3, 0.4) is 0 Å². The maximum atomic E-state index is 13.7. The zero-order valence-corrected chi connectivity index (χ0v) is 11.0. The van der Waals surface area contributed by atoms with Crippen molar-refractivity contribution in [2.45, 2.75) is 13.0 Å². The molecule has 0 amide bonds. The van der Waals surface area contributed by atoms with Crippen molar-refractivity contribution in [3.8, 4) is 10.4 Å². The molecule has 18 heavy (non-hydrogen) atoms. The molecule has 3 heteroatoms. The monoisotopic (exact) mass is 261 g/mol. The van der Waals surface area contributed by atoms with Crippen LogP contribution in [0.4, 0.5) is 4.39 Å². The second-order valence-corrected chi connectivity index (χ2v) is 4.99. The molecule has 2 aromatic rings. The summed E-state index contributed by atoms with van der Waals surface area (Å²) in [4.78, 5) is 0.973. The molecule has 2 rings (SSSR count). The molecule has 0 aliphatic rings. The van der Waals surface area contributed by atoms with Gasteiger partial charge >= 0.3 is 0 Å². The second kappa shape index (κ2) is 6.47. The first kappa shape index (κ1) is 13.0. The molecule has 1 aromatic carbocycles. The fraction of sp³-hybridized carbons (Fsp3) is 0.200. The molecule has 1 N–H and O–H groups in total. The minimum Gasteiger partial charge on any atom is -0.312 e. The first-order chi connectivity index (χ1) is 8.81.